The first-order valence-corrected chi connectivity index (χ1v) is 14.3. The van der Waals surface area contributed by atoms with E-state index in [1.807, 2.05) is 23.1 Å². The van der Waals surface area contributed by atoms with Crippen molar-refractivity contribution in [2.45, 2.75) is 71.9 Å². The van der Waals surface area contributed by atoms with Crippen LogP contribution in [0.5, 0.6) is 11.5 Å². The van der Waals surface area contributed by atoms with Gasteiger partial charge in [0.15, 0.2) is 11.5 Å². The molecular formula is C29H43N3O4S. The first kappa shape index (κ1) is 28.8. The second-order valence-corrected chi connectivity index (χ2v) is 11.3. The van der Waals surface area contributed by atoms with Gasteiger partial charge in [-0.15, -0.1) is 11.3 Å². The van der Waals surface area contributed by atoms with Gasteiger partial charge in [-0.3, -0.25) is 4.79 Å². The summed E-state index contributed by atoms with van der Waals surface area (Å²) in [5.74, 6) is 1.59. The Morgan fingerprint density at radius 1 is 1.05 bits per heavy atom. The fraction of sp³-hybridized carbons (Fsp3) is 0.586. The molecule has 0 aliphatic heterocycles. The molecule has 0 radical (unpaired) electrons. The zero-order valence-corrected chi connectivity index (χ0v) is 23.9. The quantitative estimate of drug-likeness (QED) is 0.386. The zero-order chi connectivity index (χ0) is 26.8. The Bertz CT molecular complexity index is 1020. The van der Waals surface area contributed by atoms with E-state index in [9.17, 15) is 9.59 Å². The molecule has 2 aromatic rings. The molecule has 3 rings (SSSR count). The standard InChI is InChI=1S/C29H43N3O4S/c1-21(2)18-32(29(34)30-24-9-7-6-8-10-24)20-28(33)31(19-27-22(3)14-16-37-27)15-13-23-11-12-25(35-4)26(17-23)36-5/h11-12,14,16-17,21,24H,6-10,13,15,18-20H2,1-5H3,(H,30,34). The summed E-state index contributed by atoms with van der Waals surface area (Å²) in [6.45, 7) is 7.94. The normalized spacial score (nSPS) is 13.9. The van der Waals surface area contributed by atoms with Gasteiger partial charge >= 0.3 is 6.03 Å². The van der Waals surface area contributed by atoms with Gasteiger partial charge in [-0.25, -0.2) is 4.79 Å². The van der Waals surface area contributed by atoms with Crippen molar-refractivity contribution in [3.05, 3.63) is 45.6 Å². The predicted octanol–water partition coefficient (Wildman–Crippen LogP) is 5.65. The maximum atomic E-state index is 13.7. The number of rotatable bonds is 12. The van der Waals surface area contributed by atoms with Crippen molar-refractivity contribution in [2.24, 2.45) is 5.92 Å². The highest BCUT2D eigenvalue weighted by Crippen LogP contribution is 2.28. The van der Waals surface area contributed by atoms with Crippen LogP contribution in [0.25, 0.3) is 0 Å². The Balaban J connectivity index is 1.73. The number of nitrogens with zero attached hydrogens (tertiary/aromatic N) is 2. The number of aryl methyl sites for hydroxylation is 1. The van der Waals surface area contributed by atoms with Crippen molar-refractivity contribution in [3.63, 3.8) is 0 Å². The van der Waals surface area contributed by atoms with Gasteiger partial charge < -0.3 is 24.6 Å². The molecule has 0 atom stereocenters. The predicted molar refractivity (Wildman–Crippen MR) is 150 cm³/mol. The Labute approximate surface area is 226 Å². The van der Waals surface area contributed by atoms with Gasteiger partial charge in [0, 0.05) is 24.0 Å². The van der Waals surface area contributed by atoms with Crippen LogP contribution in [0.1, 0.15) is 62.0 Å². The van der Waals surface area contributed by atoms with E-state index < -0.39 is 0 Å². The van der Waals surface area contributed by atoms with Crippen molar-refractivity contribution in [1.82, 2.24) is 15.1 Å². The number of thiophene rings is 1. The van der Waals surface area contributed by atoms with Crippen molar-refractivity contribution in [3.8, 4) is 11.5 Å². The van der Waals surface area contributed by atoms with Gasteiger partial charge in [-0.1, -0.05) is 39.2 Å². The lowest BCUT2D eigenvalue weighted by Crippen LogP contribution is -2.50. The monoisotopic (exact) mass is 529 g/mol. The minimum Gasteiger partial charge on any atom is -0.493 e. The molecule has 7 nitrogen and oxygen atoms in total. The number of ether oxygens (including phenoxy) is 2. The van der Waals surface area contributed by atoms with Gasteiger partial charge in [0.1, 0.15) is 6.54 Å². The molecule has 1 aromatic carbocycles. The molecule has 1 heterocycles. The van der Waals surface area contributed by atoms with E-state index in [0.717, 1.165) is 31.2 Å². The molecule has 1 N–H and O–H groups in total. The number of benzene rings is 1. The second-order valence-electron chi connectivity index (χ2n) is 10.3. The number of hydrogen-bond donors (Lipinski definition) is 1. The summed E-state index contributed by atoms with van der Waals surface area (Å²) in [5.41, 5.74) is 2.25. The molecule has 0 spiro atoms. The summed E-state index contributed by atoms with van der Waals surface area (Å²) in [6, 6.07) is 8.02. The lowest BCUT2D eigenvalue weighted by Gasteiger charge is -2.31. The number of nitrogens with one attached hydrogen (secondary N) is 1. The van der Waals surface area contributed by atoms with Gasteiger partial charge in [-0.2, -0.15) is 0 Å². The number of carbonyl (C=O) groups is 2. The van der Waals surface area contributed by atoms with Crippen LogP contribution in [0, 0.1) is 12.8 Å². The summed E-state index contributed by atoms with van der Waals surface area (Å²) in [6.07, 6.45) is 6.25. The molecule has 1 aromatic heterocycles. The molecule has 3 amide bonds. The van der Waals surface area contributed by atoms with E-state index in [0.29, 0.717) is 37.6 Å². The molecule has 204 valence electrons. The maximum Gasteiger partial charge on any atom is 0.318 e. The first-order chi connectivity index (χ1) is 17.8. The van der Waals surface area contributed by atoms with Gasteiger partial charge in [0.05, 0.1) is 20.8 Å². The van der Waals surface area contributed by atoms with E-state index >= 15 is 0 Å². The highest BCUT2D eigenvalue weighted by molar-refractivity contribution is 7.10. The molecule has 1 aliphatic carbocycles. The van der Waals surface area contributed by atoms with Gasteiger partial charge in [-0.05, 0) is 66.8 Å². The summed E-state index contributed by atoms with van der Waals surface area (Å²) >= 11 is 1.66. The lowest BCUT2D eigenvalue weighted by molar-refractivity contribution is -0.132. The molecule has 37 heavy (non-hydrogen) atoms. The van der Waals surface area contributed by atoms with Crippen LogP contribution < -0.4 is 14.8 Å². The summed E-state index contributed by atoms with van der Waals surface area (Å²) < 4.78 is 10.8. The number of methoxy groups -OCH3 is 2. The average Bonchev–Trinajstić information content (AvgIpc) is 3.30. The number of urea groups is 1. The highest BCUT2D eigenvalue weighted by atomic mass is 32.1. The van der Waals surface area contributed by atoms with Crippen LogP contribution in [-0.2, 0) is 17.8 Å². The summed E-state index contributed by atoms with van der Waals surface area (Å²) in [4.78, 5) is 31.6. The number of carbonyl (C=O) groups excluding carboxylic acids is 2. The Hall–Kier alpha value is -2.74. The van der Waals surface area contributed by atoms with Crippen LogP contribution >= 0.6 is 11.3 Å². The highest BCUT2D eigenvalue weighted by Gasteiger charge is 2.25. The minimum atomic E-state index is -0.124. The second kappa shape index (κ2) is 14.3. The number of amides is 3. The fourth-order valence-electron chi connectivity index (χ4n) is 4.77. The fourth-order valence-corrected chi connectivity index (χ4v) is 5.69. The molecule has 0 unspecified atom stereocenters. The van der Waals surface area contributed by atoms with Crippen LogP contribution in [0.15, 0.2) is 29.6 Å². The molecular weight excluding hydrogens is 486 g/mol. The third-order valence-corrected chi connectivity index (χ3v) is 7.91. The van der Waals surface area contributed by atoms with Crippen molar-refractivity contribution < 1.29 is 19.1 Å². The van der Waals surface area contributed by atoms with Gasteiger partial charge in [0.25, 0.3) is 0 Å². The van der Waals surface area contributed by atoms with E-state index in [2.05, 4.69) is 37.5 Å². The van der Waals surface area contributed by atoms with Crippen LogP contribution in [0.3, 0.4) is 0 Å². The maximum absolute atomic E-state index is 13.7. The van der Waals surface area contributed by atoms with E-state index in [1.165, 1.54) is 16.9 Å². The third kappa shape index (κ3) is 8.66. The topological polar surface area (TPSA) is 71.1 Å². The number of hydrogen-bond acceptors (Lipinski definition) is 5. The Morgan fingerprint density at radius 3 is 2.41 bits per heavy atom. The first-order valence-electron chi connectivity index (χ1n) is 13.4. The minimum absolute atomic E-state index is 0.0345. The average molecular weight is 530 g/mol. The van der Waals surface area contributed by atoms with E-state index in [4.69, 9.17) is 9.47 Å². The van der Waals surface area contributed by atoms with E-state index in [1.54, 1.807) is 30.5 Å². The lowest BCUT2D eigenvalue weighted by atomic mass is 9.96. The van der Waals surface area contributed by atoms with Crippen LogP contribution in [0.2, 0.25) is 0 Å². The largest absolute Gasteiger partial charge is 0.493 e. The van der Waals surface area contributed by atoms with E-state index in [-0.39, 0.29) is 30.4 Å². The third-order valence-electron chi connectivity index (χ3n) is 6.91. The summed E-state index contributed by atoms with van der Waals surface area (Å²) in [5, 5.41) is 5.26. The van der Waals surface area contributed by atoms with Crippen LogP contribution in [0.4, 0.5) is 4.79 Å². The van der Waals surface area contributed by atoms with Crippen molar-refractivity contribution in [2.75, 3.05) is 33.9 Å². The molecule has 0 saturated heterocycles. The van der Waals surface area contributed by atoms with Crippen molar-refractivity contribution in [1.29, 1.82) is 0 Å². The Morgan fingerprint density at radius 2 is 1.78 bits per heavy atom. The summed E-state index contributed by atoms with van der Waals surface area (Å²) in [7, 11) is 3.24. The Kier molecular flexibility index (Phi) is 11.1. The molecule has 1 fully saturated rings. The van der Waals surface area contributed by atoms with Crippen molar-refractivity contribution >= 4 is 23.3 Å². The molecule has 1 aliphatic rings. The molecule has 1 saturated carbocycles. The SMILES string of the molecule is COc1ccc(CCN(Cc2sccc2C)C(=O)CN(CC(C)C)C(=O)NC2CCCCC2)cc1OC. The smallest absolute Gasteiger partial charge is 0.318 e. The molecule has 8 heteroatoms. The van der Waals surface area contributed by atoms with Gasteiger partial charge in [0.2, 0.25) is 5.91 Å². The molecule has 0 bridgehead atoms. The van der Waals surface area contributed by atoms with Crippen LogP contribution in [-0.4, -0.2) is 61.6 Å². The zero-order valence-electron chi connectivity index (χ0n) is 23.0.